The summed E-state index contributed by atoms with van der Waals surface area (Å²) in [5, 5.41) is 19.6. The van der Waals surface area contributed by atoms with Crippen LogP contribution in [-0.2, 0) is 16.6 Å². The molecule has 10 nitrogen and oxygen atoms in total. The fourth-order valence-corrected chi connectivity index (χ4v) is 5.54. The number of hydrogen-bond donors (Lipinski definition) is 3. The van der Waals surface area contributed by atoms with E-state index in [0.29, 0.717) is 37.5 Å². The first-order chi connectivity index (χ1) is 15.5. The molecule has 33 heavy (non-hydrogen) atoms. The number of aliphatic hydroxyl groups is 1. The van der Waals surface area contributed by atoms with Gasteiger partial charge in [0.15, 0.2) is 0 Å². The topological polar surface area (TPSA) is 143 Å². The Morgan fingerprint density at radius 1 is 1.33 bits per heavy atom. The molecule has 4 N–H and O–H groups in total. The van der Waals surface area contributed by atoms with Gasteiger partial charge in [-0.2, -0.15) is 17.7 Å². The number of nitrogens with two attached hydrogens (primary N) is 1. The van der Waals surface area contributed by atoms with E-state index in [4.69, 9.17) is 5.14 Å². The maximum Gasteiger partial charge on any atom is 0.276 e. The van der Waals surface area contributed by atoms with Crippen LogP contribution in [0.3, 0.4) is 0 Å². The van der Waals surface area contributed by atoms with Gasteiger partial charge in [-0.3, -0.25) is 9.36 Å². The van der Waals surface area contributed by atoms with Gasteiger partial charge in [-0.15, -0.1) is 0 Å². The summed E-state index contributed by atoms with van der Waals surface area (Å²) >= 11 is 0. The third-order valence-corrected chi connectivity index (χ3v) is 7.64. The van der Waals surface area contributed by atoms with Gasteiger partial charge in [0.05, 0.1) is 11.6 Å². The van der Waals surface area contributed by atoms with E-state index < -0.39 is 40.3 Å². The minimum Gasteiger partial charge on any atom is -0.388 e. The van der Waals surface area contributed by atoms with Crippen molar-refractivity contribution in [3.05, 3.63) is 28.2 Å². The summed E-state index contributed by atoms with van der Waals surface area (Å²) < 4.78 is 51.7. The fourth-order valence-electron chi connectivity index (χ4n) is 4.82. The highest BCUT2D eigenvalue weighted by Crippen LogP contribution is 2.39. The molecule has 1 saturated carbocycles. The van der Waals surface area contributed by atoms with Gasteiger partial charge in [0.25, 0.3) is 15.8 Å². The number of halogens is 2. The summed E-state index contributed by atoms with van der Waals surface area (Å²) in [5.41, 5.74) is -1.52. The SMILES string of the molecule is CC1(O)CCCC1n1c(=O)c(CC(F)F)cc2cnc(NC3CCN(S(N)(=O)=O)CC3)nc21. The van der Waals surface area contributed by atoms with Gasteiger partial charge in [-0.05, 0) is 45.1 Å². The zero-order chi connectivity index (χ0) is 24.0. The molecule has 1 saturated heterocycles. The number of rotatable bonds is 6. The van der Waals surface area contributed by atoms with E-state index in [9.17, 15) is 27.1 Å². The molecule has 2 fully saturated rings. The summed E-state index contributed by atoms with van der Waals surface area (Å²) in [7, 11) is -3.74. The van der Waals surface area contributed by atoms with Crippen molar-refractivity contribution in [1.29, 1.82) is 0 Å². The van der Waals surface area contributed by atoms with Crippen molar-refractivity contribution in [1.82, 2.24) is 18.8 Å². The maximum absolute atomic E-state index is 13.2. The molecule has 1 aliphatic carbocycles. The van der Waals surface area contributed by atoms with E-state index in [0.717, 1.165) is 0 Å². The summed E-state index contributed by atoms with van der Waals surface area (Å²) in [6.07, 6.45) is 0.805. The Kier molecular flexibility index (Phi) is 6.42. The van der Waals surface area contributed by atoms with Gasteiger partial charge in [0.2, 0.25) is 12.4 Å². The van der Waals surface area contributed by atoms with Crippen LogP contribution in [0.15, 0.2) is 17.1 Å². The quantitative estimate of drug-likeness (QED) is 0.556. The van der Waals surface area contributed by atoms with Crippen LogP contribution in [0.4, 0.5) is 14.7 Å². The Hall–Kier alpha value is -2.22. The number of nitrogens with zero attached hydrogens (tertiary/aromatic N) is 4. The van der Waals surface area contributed by atoms with Gasteiger partial charge in [-0.25, -0.2) is 18.9 Å². The Labute approximate surface area is 190 Å². The number of aromatic nitrogens is 3. The number of fused-ring (bicyclic) bond motifs is 1. The minimum atomic E-state index is -3.74. The molecular formula is C20H28F2N6O4S. The molecule has 2 aliphatic rings. The maximum atomic E-state index is 13.2. The van der Waals surface area contributed by atoms with Crippen LogP contribution < -0.4 is 16.0 Å². The summed E-state index contributed by atoms with van der Waals surface area (Å²) in [6.45, 7) is 2.16. The van der Waals surface area contributed by atoms with Crippen LogP contribution >= 0.6 is 0 Å². The highest BCUT2D eigenvalue weighted by atomic mass is 32.2. The Balaban J connectivity index is 1.69. The third kappa shape index (κ3) is 5.00. The van der Waals surface area contributed by atoms with Crippen LogP contribution in [0.25, 0.3) is 11.0 Å². The van der Waals surface area contributed by atoms with Crippen LogP contribution in [-0.4, -0.2) is 63.5 Å². The lowest BCUT2D eigenvalue weighted by atomic mass is 9.99. The molecule has 3 heterocycles. The zero-order valence-electron chi connectivity index (χ0n) is 18.2. The summed E-state index contributed by atoms with van der Waals surface area (Å²) in [5.74, 6) is 0.240. The third-order valence-electron chi connectivity index (χ3n) is 6.56. The van der Waals surface area contributed by atoms with Gasteiger partial charge in [0.1, 0.15) is 5.65 Å². The Bertz CT molecular complexity index is 1190. The van der Waals surface area contributed by atoms with Gasteiger partial charge >= 0.3 is 0 Å². The lowest BCUT2D eigenvalue weighted by molar-refractivity contribution is 0.0265. The fraction of sp³-hybridized carbons (Fsp3) is 0.650. The molecule has 0 bridgehead atoms. The summed E-state index contributed by atoms with van der Waals surface area (Å²) in [6, 6.07) is 0.692. The molecule has 4 rings (SSSR count). The zero-order valence-corrected chi connectivity index (χ0v) is 19.1. The molecular weight excluding hydrogens is 458 g/mol. The van der Waals surface area contributed by atoms with Crippen molar-refractivity contribution in [2.45, 2.75) is 69.6 Å². The van der Waals surface area contributed by atoms with Crippen LogP contribution in [0.5, 0.6) is 0 Å². The first-order valence-corrected chi connectivity index (χ1v) is 12.4. The molecule has 0 amide bonds. The van der Waals surface area contributed by atoms with Crippen molar-refractivity contribution >= 4 is 27.2 Å². The monoisotopic (exact) mass is 486 g/mol. The second kappa shape index (κ2) is 8.85. The Morgan fingerprint density at radius 2 is 2.03 bits per heavy atom. The number of pyridine rings is 1. The van der Waals surface area contributed by atoms with Crippen molar-refractivity contribution < 1.29 is 22.3 Å². The molecule has 2 unspecified atom stereocenters. The molecule has 0 spiro atoms. The first-order valence-electron chi connectivity index (χ1n) is 10.9. The molecule has 0 radical (unpaired) electrons. The van der Waals surface area contributed by atoms with Crippen molar-refractivity contribution in [2.24, 2.45) is 5.14 Å². The molecule has 182 valence electrons. The number of nitrogens with one attached hydrogen (secondary N) is 1. The largest absolute Gasteiger partial charge is 0.388 e. The number of piperidine rings is 1. The molecule has 1 aliphatic heterocycles. The van der Waals surface area contributed by atoms with E-state index in [1.54, 1.807) is 6.92 Å². The molecule has 13 heteroatoms. The second-order valence-electron chi connectivity index (χ2n) is 9.04. The van der Waals surface area contributed by atoms with E-state index in [-0.39, 0.29) is 36.3 Å². The molecule has 2 atom stereocenters. The second-order valence-corrected chi connectivity index (χ2v) is 10.6. The van der Waals surface area contributed by atoms with Crippen molar-refractivity contribution in [3.8, 4) is 0 Å². The van der Waals surface area contributed by atoms with Crippen molar-refractivity contribution in [2.75, 3.05) is 18.4 Å². The van der Waals surface area contributed by atoms with Crippen molar-refractivity contribution in [3.63, 3.8) is 0 Å². The lowest BCUT2D eigenvalue weighted by Crippen LogP contribution is -2.45. The molecule has 2 aromatic heterocycles. The highest BCUT2D eigenvalue weighted by Gasteiger charge is 2.40. The predicted molar refractivity (Wildman–Crippen MR) is 118 cm³/mol. The van der Waals surface area contributed by atoms with Crippen LogP contribution in [0.2, 0.25) is 0 Å². The standard InChI is InChI=1S/C20H28F2N6O4S/c1-20(30)6-2-3-15(20)28-17-13(9-12(18(28)29)10-16(21)22)11-24-19(26-17)25-14-4-7-27(8-5-14)33(23,31)32/h9,11,14-16,30H,2-8,10H2,1H3,(H2,23,31,32)(H,24,25,26). The highest BCUT2D eigenvalue weighted by molar-refractivity contribution is 7.86. The van der Waals surface area contributed by atoms with Crippen LogP contribution in [0, 0.1) is 0 Å². The first kappa shape index (κ1) is 23.9. The van der Waals surface area contributed by atoms with Gasteiger partial charge in [-0.1, -0.05) is 0 Å². The van der Waals surface area contributed by atoms with Crippen LogP contribution in [0.1, 0.15) is 50.6 Å². The number of anilines is 1. The van der Waals surface area contributed by atoms with E-state index in [1.807, 2.05) is 0 Å². The van der Waals surface area contributed by atoms with E-state index >= 15 is 0 Å². The molecule has 0 aromatic carbocycles. The lowest BCUT2D eigenvalue weighted by Gasteiger charge is -2.30. The molecule has 2 aromatic rings. The average Bonchev–Trinajstić information content (AvgIpc) is 3.07. The Morgan fingerprint density at radius 3 is 2.61 bits per heavy atom. The average molecular weight is 487 g/mol. The predicted octanol–water partition coefficient (Wildman–Crippen LogP) is 1.15. The van der Waals surface area contributed by atoms with Gasteiger partial charge < -0.3 is 10.4 Å². The number of hydrogen-bond acceptors (Lipinski definition) is 7. The normalized spacial score (nSPS) is 25.2. The van der Waals surface area contributed by atoms with E-state index in [1.165, 1.54) is 21.1 Å². The number of alkyl halides is 2. The van der Waals surface area contributed by atoms with E-state index in [2.05, 4.69) is 15.3 Å². The summed E-state index contributed by atoms with van der Waals surface area (Å²) in [4.78, 5) is 22.0. The smallest absolute Gasteiger partial charge is 0.276 e. The minimum absolute atomic E-state index is 0.0418. The van der Waals surface area contributed by atoms with Gasteiger partial charge in [0, 0.05) is 42.7 Å².